The van der Waals surface area contributed by atoms with E-state index in [1.807, 2.05) is 35.0 Å². The van der Waals surface area contributed by atoms with Gasteiger partial charge in [0.05, 0.1) is 19.5 Å². The van der Waals surface area contributed by atoms with Crippen LogP contribution in [0.1, 0.15) is 18.1 Å². The van der Waals surface area contributed by atoms with E-state index in [0.717, 1.165) is 22.6 Å². The predicted molar refractivity (Wildman–Crippen MR) is 94.0 cm³/mol. The third kappa shape index (κ3) is 4.18. The van der Waals surface area contributed by atoms with Gasteiger partial charge in [0.15, 0.2) is 0 Å². The number of allylic oxidation sites excluding steroid dienone is 2. The molecule has 1 aliphatic carbocycles. The van der Waals surface area contributed by atoms with E-state index >= 15 is 0 Å². The highest BCUT2D eigenvalue weighted by Crippen LogP contribution is 2.31. The van der Waals surface area contributed by atoms with Crippen molar-refractivity contribution in [1.29, 1.82) is 0 Å². The van der Waals surface area contributed by atoms with E-state index in [4.69, 9.17) is 39.5 Å². The van der Waals surface area contributed by atoms with Gasteiger partial charge in [0, 0.05) is 39.5 Å². The first kappa shape index (κ1) is 16.6. The fraction of sp³-hybridized carbons (Fsp3) is 0.235. The Bertz CT molecular complexity index is 738. The molecule has 0 N–H and O–H groups in total. The number of aromatic nitrogens is 2. The molecule has 3 nitrogen and oxygen atoms in total. The SMILES string of the molecule is ClC1=C(COC(Cn2ccnc2)c2ccc(Cl)cc2Cl)C=CC1. The number of nitrogens with zero attached hydrogens (tertiary/aromatic N) is 2. The smallest absolute Gasteiger partial charge is 0.102 e. The number of halogens is 3. The minimum atomic E-state index is -0.222. The van der Waals surface area contributed by atoms with Gasteiger partial charge in [-0.15, -0.1) is 0 Å². The monoisotopic (exact) mass is 368 g/mol. The van der Waals surface area contributed by atoms with E-state index in [1.54, 1.807) is 18.6 Å². The van der Waals surface area contributed by atoms with Crippen LogP contribution in [0.2, 0.25) is 10.0 Å². The standard InChI is InChI=1S/C17H15Cl3N2O/c18-13-4-5-14(16(20)8-13)17(9-22-7-6-21-11-22)23-10-12-2-1-3-15(12)19/h1-2,4-8,11,17H,3,9-10H2. The number of rotatable bonds is 6. The van der Waals surface area contributed by atoms with Crippen LogP contribution in [0, 0.1) is 0 Å². The number of hydrogen-bond donors (Lipinski definition) is 0. The van der Waals surface area contributed by atoms with Crippen LogP contribution in [0.3, 0.4) is 0 Å². The Morgan fingerprint density at radius 1 is 1.26 bits per heavy atom. The Morgan fingerprint density at radius 3 is 2.78 bits per heavy atom. The molecule has 1 aromatic carbocycles. The topological polar surface area (TPSA) is 27.1 Å². The molecule has 0 fully saturated rings. The summed E-state index contributed by atoms with van der Waals surface area (Å²) in [5.74, 6) is 0. The van der Waals surface area contributed by atoms with E-state index in [1.165, 1.54) is 0 Å². The fourth-order valence-electron chi connectivity index (χ4n) is 2.43. The van der Waals surface area contributed by atoms with Gasteiger partial charge in [-0.05, 0) is 17.7 Å². The molecule has 1 aromatic heterocycles. The molecule has 1 heterocycles. The van der Waals surface area contributed by atoms with Crippen LogP contribution in [0.4, 0.5) is 0 Å². The summed E-state index contributed by atoms with van der Waals surface area (Å²) >= 11 is 18.5. The molecule has 0 saturated carbocycles. The summed E-state index contributed by atoms with van der Waals surface area (Å²) < 4.78 is 8.06. The maximum Gasteiger partial charge on any atom is 0.102 e. The molecular weight excluding hydrogens is 355 g/mol. The van der Waals surface area contributed by atoms with Crippen LogP contribution in [-0.2, 0) is 11.3 Å². The minimum Gasteiger partial charge on any atom is -0.367 e. The third-order valence-corrected chi connectivity index (χ3v) is 4.61. The lowest BCUT2D eigenvalue weighted by molar-refractivity contribution is 0.0575. The van der Waals surface area contributed by atoms with Crippen molar-refractivity contribution in [1.82, 2.24) is 9.55 Å². The van der Waals surface area contributed by atoms with Crippen molar-refractivity contribution in [2.24, 2.45) is 0 Å². The highest BCUT2D eigenvalue weighted by atomic mass is 35.5. The van der Waals surface area contributed by atoms with Crippen LogP contribution in [0.15, 0.2) is 59.7 Å². The van der Waals surface area contributed by atoms with Crippen molar-refractivity contribution < 1.29 is 4.74 Å². The van der Waals surface area contributed by atoms with Crippen LogP contribution in [0.25, 0.3) is 0 Å². The molecule has 0 radical (unpaired) electrons. The summed E-state index contributed by atoms with van der Waals surface area (Å²) in [6, 6.07) is 5.44. The maximum atomic E-state index is 6.35. The average molecular weight is 370 g/mol. The zero-order chi connectivity index (χ0) is 16.2. The van der Waals surface area contributed by atoms with Gasteiger partial charge >= 0.3 is 0 Å². The van der Waals surface area contributed by atoms with Crippen LogP contribution < -0.4 is 0 Å². The van der Waals surface area contributed by atoms with Crippen molar-refractivity contribution in [3.05, 3.63) is 75.3 Å². The Labute approximate surface area is 150 Å². The lowest BCUT2D eigenvalue weighted by Crippen LogP contribution is -2.14. The molecule has 1 aliphatic rings. The summed E-state index contributed by atoms with van der Waals surface area (Å²) in [6.07, 6.45) is 9.96. The Hall–Kier alpha value is -1.26. The van der Waals surface area contributed by atoms with Gasteiger partial charge in [-0.25, -0.2) is 4.98 Å². The summed E-state index contributed by atoms with van der Waals surface area (Å²) in [4.78, 5) is 4.07. The number of ether oxygens (including phenoxy) is 1. The quantitative estimate of drug-likeness (QED) is 0.681. The van der Waals surface area contributed by atoms with E-state index < -0.39 is 0 Å². The molecule has 1 atom stereocenters. The summed E-state index contributed by atoms with van der Waals surface area (Å²) in [7, 11) is 0. The molecule has 0 bridgehead atoms. The van der Waals surface area contributed by atoms with Gasteiger partial charge in [-0.3, -0.25) is 0 Å². The number of hydrogen-bond acceptors (Lipinski definition) is 2. The third-order valence-electron chi connectivity index (χ3n) is 3.65. The first-order valence-corrected chi connectivity index (χ1v) is 8.33. The van der Waals surface area contributed by atoms with Gasteiger partial charge < -0.3 is 9.30 Å². The van der Waals surface area contributed by atoms with Crippen molar-refractivity contribution in [2.75, 3.05) is 6.61 Å². The zero-order valence-corrected chi connectivity index (χ0v) is 14.5. The maximum absolute atomic E-state index is 6.35. The second kappa shape index (κ2) is 7.54. The molecule has 23 heavy (non-hydrogen) atoms. The van der Waals surface area contributed by atoms with Crippen molar-refractivity contribution in [3.8, 4) is 0 Å². The molecule has 3 rings (SSSR count). The Kier molecular flexibility index (Phi) is 5.44. The molecular formula is C17H15Cl3N2O. The molecule has 0 spiro atoms. The first-order chi connectivity index (χ1) is 11.1. The Morgan fingerprint density at radius 2 is 2.13 bits per heavy atom. The molecule has 0 saturated heterocycles. The molecule has 2 aromatic rings. The predicted octanol–water partition coefficient (Wildman–Crippen LogP) is 5.40. The van der Waals surface area contributed by atoms with E-state index in [0.29, 0.717) is 23.2 Å². The second-order valence-corrected chi connectivity index (χ2v) is 6.56. The molecule has 6 heteroatoms. The fourth-order valence-corrected chi connectivity index (χ4v) is 3.17. The summed E-state index contributed by atoms with van der Waals surface area (Å²) in [5, 5.41) is 2.02. The van der Waals surface area contributed by atoms with Gasteiger partial charge in [0.1, 0.15) is 6.10 Å². The van der Waals surface area contributed by atoms with Gasteiger partial charge in [0.25, 0.3) is 0 Å². The van der Waals surface area contributed by atoms with Crippen LogP contribution >= 0.6 is 34.8 Å². The second-order valence-electron chi connectivity index (χ2n) is 5.26. The lowest BCUT2D eigenvalue weighted by Gasteiger charge is -2.20. The number of imidazole rings is 1. The highest BCUT2D eigenvalue weighted by Gasteiger charge is 2.18. The van der Waals surface area contributed by atoms with E-state index in [-0.39, 0.29) is 6.10 Å². The summed E-state index contributed by atoms with van der Waals surface area (Å²) in [6.45, 7) is 1.05. The van der Waals surface area contributed by atoms with Crippen molar-refractivity contribution >= 4 is 34.8 Å². The Balaban J connectivity index is 1.81. The zero-order valence-electron chi connectivity index (χ0n) is 12.3. The van der Waals surface area contributed by atoms with Crippen LogP contribution in [0.5, 0.6) is 0 Å². The van der Waals surface area contributed by atoms with E-state index in [2.05, 4.69) is 4.98 Å². The largest absolute Gasteiger partial charge is 0.367 e. The van der Waals surface area contributed by atoms with Crippen molar-refractivity contribution in [3.63, 3.8) is 0 Å². The normalized spacial score (nSPS) is 15.4. The molecule has 1 unspecified atom stereocenters. The van der Waals surface area contributed by atoms with Gasteiger partial charge in [0.2, 0.25) is 0 Å². The number of benzene rings is 1. The van der Waals surface area contributed by atoms with E-state index in [9.17, 15) is 0 Å². The summed E-state index contributed by atoms with van der Waals surface area (Å²) in [5.41, 5.74) is 1.90. The minimum absolute atomic E-state index is 0.222. The lowest BCUT2D eigenvalue weighted by atomic mass is 10.1. The van der Waals surface area contributed by atoms with Crippen LogP contribution in [-0.4, -0.2) is 16.2 Å². The van der Waals surface area contributed by atoms with Gasteiger partial charge in [-0.2, -0.15) is 0 Å². The highest BCUT2D eigenvalue weighted by molar-refractivity contribution is 6.35. The average Bonchev–Trinajstić information content (AvgIpc) is 3.16. The first-order valence-electron chi connectivity index (χ1n) is 7.20. The van der Waals surface area contributed by atoms with Crippen molar-refractivity contribution in [2.45, 2.75) is 19.1 Å². The molecule has 0 aliphatic heterocycles. The van der Waals surface area contributed by atoms with Gasteiger partial charge in [-0.1, -0.05) is 53.0 Å². The molecule has 120 valence electrons. The molecule has 0 amide bonds.